The van der Waals surface area contributed by atoms with Crippen LogP contribution in [0.4, 0.5) is 5.69 Å². The van der Waals surface area contributed by atoms with E-state index in [1.807, 2.05) is 18.2 Å². The second kappa shape index (κ2) is 8.67. The molecule has 24 heavy (non-hydrogen) atoms. The largest absolute Gasteiger partial charge is 0.373 e. The molecule has 3 nitrogen and oxygen atoms in total. The average molecular weight is 343 g/mol. The molecule has 0 aliphatic carbocycles. The molecule has 0 aromatic heterocycles. The van der Waals surface area contributed by atoms with Crippen molar-refractivity contribution in [1.29, 1.82) is 0 Å². The summed E-state index contributed by atoms with van der Waals surface area (Å²) in [7, 11) is 6.22. The van der Waals surface area contributed by atoms with Crippen molar-refractivity contribution in [3.05, 3.63) is 70.8 Å². The van der Waals surface area contributed by atoms with Crippen molar-refractivity contribution in [3.63, 3.8) is 0 Å². The van der Waals surface area contributed by atoms with Gasteiger partial charge in [0, 0.05) is 36.4 Å². The number of hydrogen-bond acceptors (Lipinski definition) is 3. The third-order valence-electron chi connectivity index (χ3n) is 3.77. The van der Waals surface area contributed by atoms with Gasteiger partial charge in [0.2, 0.25) is 0 Å². The van der Waals surface area contributed by atoms with E-state index in [1.165, 1.54) is 0 Å². The number of likely N-dealkylation sites (N-methyl/N-ethyl adjacent to an activating group) is 2. The fourth-order valence-electron chi connectivity index (χ4n) is 2.20. The smallest absolute Gasteiger partial charge is 0.185 e. The highest BCUT2D eigenvalue weighted by Crippen LogP contribution is 2.15. The standard InChI is InChI=1S/C20H23ClN2O/c1-22(2)14-15-23(3)19-11-4-16(5-12-19)6-13-20(24)17-7-9-18(21)10-8-17/h4-13H,14-15H2,1-3H3. The van der Waals surface area contributed by atoms with Crippen LogP contribution in [0.5, 0.6) is 0 Å². The van der Waals surface area contributed by atoms with E-state index < -0.39 is 0 Å². The molecule has 0 atom stereocenters. The lowest BCUT2D eigenvalue weighted by molar-refractivity contribution is 0.104. The number of rotatable bonds is 7. The van der Waals surface area contributed by atoms with E-state index in [1.54, 1.807) is 30.3 Å². The number of carbonyl (C=O) groups is 1. The second-order valence-electron chi connectivity index (χ2n) is 6.02. The minimum atomic E-state index is -0.0288. The molecule has 2 rings (SSSR count). The van der Waals surface area contributed by atoms with E-state index in [9.17, 15) is 4.79 Å². The molecular formula is C20H23ClN2O. The van der Waals surface area contributed by atoms with Crippen molar-refractivity contribution >= 4 is 29.1 Å². The summed E-state index contributed by atoms with van der Waals surface area (Å²) in [4.78, 5) is 16.5. The van der Waals surface area contributed by atoms with Gasteiger partial charge in [-0.3, -0.25) is 4.79 Å². The quantitative estimate of drug-likeness (QED) is 0.555. The van der Waals surface area contributed by atoms with Gasteiger partial charge < -0.3 is 9.80 Å². The van der Waals surface area contributed by atoms with Gasteiger partial charge in [-0.25, -0.2) is 0 Å². The van der Waals surface area contributed by atoms with Gasteiger partial charge in [-0.1, -0.05) is 29.8 Å². The number of halogens is 1. The second-order valence-corrected chi connectivity index (χ2v) is 6.46. The zero-order valence-corrected chi connectivity index (χ0v) is 15.1. The van der Waals surface area contributed by atoms with Crippen LogP contribution in [0, 0.1) is 0 Å². The Hall–Kier alpha value is -2.10. The van der Waals surface area contributed by atoms with E-state index in [4.69, 9.17) is 11.6 Å². The van der Waals surface area contributed by atoms with Gasteiger partial charge in [0.25, 0.3) is 0 Å². The summed E-state index contributed by atoms with van der Waals surface area (Å²) in [6.45, 7) is 1.98. The number of nitrogens with zero attached hydrogens (tertiary/aromatic N) is 2. The number of anilines is 1. The molecule has 2 aromatic carbocycles. The molecule has 0 spiro atoms. The van der Waals surface area contributed by atoms with Crippen LogP contribution in [0.3, 0.4) is 0 Å². The third kappa shape index (κ3) is 5.52. The van der Waals surface area contributed by atoms with Gasteiger partial charge in [0.1, 0.15) is 0 Å². The maximum atomic E-state index is 12.1. The molecule has 0 aliphatic rings. The molecule has 126 valence electrons. The van der Waals surface area contributed by atoms with Crippen LogP contribution in [-0.4, -0.2) is 44.9 Å². The fraction of sp³-hybridized carbons (Fsp3) is 0.250. The Kier molecular flexibility index (Phi) is 6.59. The van der Waals surface area contributed by atoms with Gasteiger partial charge in [-0.15, -0.1) is 0 Å². The summed E-state index contributed by atoms with van der Waals surface area (Å²) in [5.74, 6) is -0.0288. The Balaban J connectivity index is 1.98. The summed E-state index contributed by atoms with van der Waals surface area (Å²) in [6.07, 6.45) is 3.43. The third-order valence-corrected chi connectivity index (χ3v) is 4.02. The Labute approximate surface area is 149 Å². The molecule has 0 radical (unpaired) electrons. The molecule has 0 aliphatic heterocycles. The molecule has 4 heteroatoms. The van der Waals surface area contributed by atoms with Crippen molar-refractivity contribution < 1.29 is 4.79 Å². The lowest BCUT2D eigenvalue weighted by Gasteiger charge is -2.21. The number of benzene rings is 2. The Morgan fingerprint density at radius 3 is 2.17 bits per heavy atom. The van der Waals surface area contributed by atoms with Gasteiger partial charge in [-0.05, 0) is 62.1 Å². The van der Waals surface area contributed by atoms with Crippen LogP contribution in [0.2, 0.25) is 5.02 Å². The van der Waals surface area contributed by atoms with Crippen molar-refractivity contribution in [2.75, 3.05) is 39.1 Å². The first-order valence-electron chi connectivity index (χ1n) is 7.89. The van der Waals surface area contributed by atoms with Gasteiger partial charge in [0.05, 0.1) is 0 Å². The monoisotopic (exact) mass is 342 g/mol. The van der Waals surface area contributed by atoms with Crippen LogP contribution in [0.25, 0.3) is 6.08 Å². The van der Waals surface area contributed by atoms with E-state index >= 15 is 0 Å². The van der Waals surface area contributed by atoms with Crippen LogP contribution >= 0.6 is 11.6 Å². The average Bonchev–Trinajstić information content (AvgIpc) is 2.58. The highest BCUT2D eigenvalue weighted by Gasteiger charge is 2.03. The molecule has 0 saturated carbocycles. The predicted octanol–water partition coefficient (Wildman–Crippen LogP) is 4.23. The molecular weight excluding hydrogens is 320 g/mol. The number of ketones is 1. The maximum Gasteiger partial charge on any atom is 0.185 e. The van der Waals surface area contributed by atoms with E-state index in [0.717, 1.165) is 24.3 Å². The molecule has 0 amide bonds. The first-order chi connectivity index (χ1) is 11.5. The highest BCUT2D eigenvalue weighted by molar-refractivity contribution is 6.30. The van der Waals surface area contributed by atoms with E-state index in [-0.39, 0.29) is 5.78 Å². The van der Waals surface area contributed by atoms with Gasteiger partial charge >= 0.3 is 0 Å². The fourth-order valence-corrected chi connectivity index (χ4v) is 2.33. The Bertz CT molecular complexity index is 691. The molecule has 0 N–H and O–H groups in total. The minimum absolute atomic E-state index is 0.0288. The van der Waals surface area contributed by atoms with E-state index in [0.29, 0.717) is 10.6 Å². The zero-order chi connectivity index (χ0) is 17.5. The number of hydrogen-bond donors (Lipinski definition) is 0. The highest BCUT2D eigenvalue weighted by atomic mass is 35.5. The summed E-state index contributed by atoms with van der Waals surface area (Å²) < 4.78 is 0. The van der Waals surface area contributed by atoms with Crippen LogP contribution in [0.15, 0.2) is 54.6 Å². The number of carbonyl (C=O) groups excluding carboxylic acids is 1. The molecule has 0 saturated heterocycles. The SMILES string of the molecule is CN(C)CCN(C)c1ccc(C=CC(=O)c2ccc(Cl)cc2)cc1. The van der Waals surface area contributed by atoms with Crippen LogP contribution in [0.1, 0.15) is 15.9 Å². The van der Waals surface area contributed by atoms with Crippen molar-refractivity contribution in [2.45, 2.75) is 0 Å². The zero-order valence-electron chi connectivity index (χ0n) is 14.4. The molecule has 0 bridgehead atoms. The predicted molar refractivity (Wildman–Crippen MR) is 103 cm³/mol. The van der Waals surface area contributed by atoms with Crippen LogP contribution in [-0.2, 0) is 0 Å². The first kappa shape index (κ1) is 18.2. The maximum absolute atomic E-state index is 12.1. The topological polar surface area (TPSA) is 23.6 Å². The lowest BCUT2D eigenvalue weighted by Crippen LogP contribution is -2.28. The van der Waals surface area contributed by atoms with Gasteiger partial charge in [-0.2, -0.15) is 0 Å². The Morgan fingerprint density at radius 1 is 0.958 bits per heavy atom. The normalized spacial score (nSPS) is 11.2. The lowest BCUT2D eigenvalue weighted by atomic mass is 10.1. The van der Waals surface area contributed by atoms with E-state index in [2.05, 4.69) is 43.1 Å². The minimum Gasteiger partial charge on any atom is -0.373 e. The number of allylic oxidation sites excluding steroid dienone is 1. The molecule has 2 aromatic rings. The Morgan fingerprint density at radius 2 is 1.58 bits per heavy atom. The molecule has 0 heterocycles. The molecule has 0 unspecified atom stereocenters. The van der Waals surface area contributed by atoms with Gasteiger partial charge in [0.15, 0.2) is 5.78 Å². The van der Waals surface area contributed by atoms with Crippen molar-refractivity contribution in [3.8, 4) is 0 Å². The summed E-state index contributed by atoms with van der Waals surface area (Å²) in [6, 6.07) is 15.1. The summed E-state index contributed by atoms with van der Waals surface area (Å²) in [5.41, 5.74) is 2.80. The van der Waals surface area contributed by atoms with Crippen LogP contribution < -0.4 is 4.90 Å². The summed E-state index contributed by atoms with van der Waals surface area (Å²) in [5, 5.41) is 0.629. The van der Waals surface area contributed by atoms with Crippen molar-refractivity contribution in [1.82, 2.24) is 4.90 Å². The summed E-state index contributed by atoms with van der Waals surface area (Å²) >= 11 is 5.83. The first-order valence-corrected chi connectivity index (χ1v) is 8.27. The van der Waals surface area contributed by atoms with Crippen molar-refractivity contribution in [2.24, 2.45) is 0 Å². The molecule has 0 fully saturated rings.